The smallest absolute Gasteiger partial charge is 0.225 e. The van der Waals surface area contributed by atoms with Crippen molar-refractivity contribution in [2.24, 2.45) is 11.8 Å². The number of anilines is 1. The van der Waals surface area contributed by atoms with Crippen LogP contribution in [0.3, 0.4) is 0 Å². The van der Waals surface area contributed by atoms with Crippen molar-refractivity contribution in [3.05, 3.63) is 48.5 Å². The number of pyridine rings is 1. The normalized spacial score (nSPS) is 20.8. The molecule has 2 aliphatic rings. The lowest BCUT2D eigenvalue weighted by Crippen LogP contribution is -2.38. The molecule has 0 N–H and O–H groups in total. The van der Waals surface area contributed by atoms with E-state index in [1.807, 2.05) is 24.4 Å². The van der Waals surface area contributed by atoms with Gasteiger partial charge in [0.2, 0.25) is 11.9 Å². The van der Waals surface area contributed by atoms with Crippen LogP contribution >= 0.6 is 0 Å². The number of carbonyl (C=O) groups excluding carboxylic acids is 1. The second-order valence-electron chi connectivity index (χ2n) is 7.62. The van der Waals surface area contributed by atoms with Gasteiger partial charge in [0.15, 0.2) is 0 Å². The molecule has 2 aliphatic heterocycles. The fourth-order valence-electron chi connectivity index (χ4n) is 4.38. The topological polar surface area (TPSA) is 62.2 Å². The van der Waals surface area contributed by atoms with Crippen molar-refractivity contribution in [2.45, 2.75) is 32.1 Å². The third-order valence-corrected chi connectivity index (χ3v) is 5.97. The summed E-state index contributed by atoms with van der Waals surface area (Å²) < 4.78 is 0. The molecular weight excluding hydrogens is 338 g/mol. The molecule has 0 bridgehead atoms. The predicted octanol–water partition coefficient (Wildman–Crippen LogP) is 2.57. The molecule has 0 saturated carbocycles. The van der Waals surface area contributed by atoms with E-state index in [0.717, 1.165) is 50.5 Å². The van der Waals surface area contributed by atoms with Gasteiger partial charge in [-0.25, -0.2) is 9.97 Å². The lowest BCUT2D eigenvalue weighted by Gasteiger charge is -2.34. The summed E-state index contributed by atoms with van der Waals surface area (Å²) in [6.07, 6.45) is 12.1. The minimum Gasteiger partial charge on any atom is -0.342 e. The first-order chi connectivity index (χ1) is 13.3. The number of aromatic nitrogens is 3. The Morgan fingerprint density at radius 3 is 2.52 bits per heavy atom. The van der Waals surface area contributed by atoms with Crippen molar-refractivity contribution in [1.29, 1.82) is 0 Å². The Morgan fingerprint density at radius 1 is 1.00 bits per heavy atom. The first-order valence-corrected chi connectivity index (χ1v) is 9.98. The molecule has 6 heteroatoms. The van der Waals surface area contributed by atoms with Crippen LogP contribution in [-0.4, -0.2) is 51.9 Å². The number of amides is 1. The number of nitrogens with zero attached hydrogens (tertiary/aromatic N) is 5. The molecule has 2 aromatic rings. The van der Waals surface area contributed by atoms with Crippen LogP contribution in [0.15, 0.2) is 43.0 Å². The second kappa shape index (κ2) is 8.46. The Balaban J connectivity index is 1.23. The molecular formula is C21H27N5O. The highest BCUT2D eigenvalue weighted by Gasteiger charge is 2.33. The molecule has 1 atom stereocenters. The third kappa shape index (κ3) is 4.43. The summed E-state index contributed by atoms with van der Waals surface area (Å²) >= 11 is 0. The van der Waals surface area contributed by atoms with E-state index in [-0.39, 0.29) is 5.91 Å². The molecule has 4 heterocycles. The Hall–Kier alpha value is -2.50. The van der Waals surface area contributed by atoms with Gasteiger partial charge < -0.3 is 9.80 Å². The van der Waals surface area contributed by atoms with Crippen molar-refractivity contribution in [3.63, 3.8) is 0 Å². The standard InChI is InChI=1S/C21H27N5O/c27-20(5-4-17-3-1-9-22-15-17)26-14-8-19(16-26)18-6-12-25(13-7-18)21-23-10-2-11-24-21/h1-3,9-11,15,18-19H,4-8,12-14,16H2. The number of likely N-dealkylation sites (tertiary alicyclic amines) is 1. The molecule has 6 nitrogen and oxygen atoms in total. The summed E-state index contributed by atoms with van der Waals surface area (Å²) in [5.41, 5.74) is 1.14. The van der Waals surface area contributed by atoms with Gasteiger partial charge in [-0.05, 0) is 55.2 Å². The molecule has 0 aromatic carbocycles. The Morgan fingerprint density at radius 2 is 1.78 bits per heavy atom. The van der Waals surface area contributed by atoms with Gasteiger partial charge in [-0.15, -0.1) is 0 Å². The van der Waals surface area contributed by atoms with E-state index >= 15 is 0 Å². The number of hydrogen-bond donors (Lipinski definition) is 0. The number of piperidine rings is 1. The highest BCUT2D eigenvalue weighted by atomic mass is 16.2. The Bertz CT molecular complexity index is 731. The van der Waals surface area contributed by atoms with Crippen LogP contribution in [0.4, 0.5) is 5.95 Å². The maximum atomic E-state index is 12.6. The molecule has 4 rings (SSSR count). The maximum Gasteiger partial charge on any atom is 0.225 e. The van der Waals surface area contributed by atoms with Crippen molar-refractivity contribution < 1.29 is 4.79 Å². The molecule has 2 fully saturated rings. The van der Waals surface area contributed by atoms with Crippen LogP contribution in [0.2, 0.25) is 0 Å². The van der Waals surface area contributed by atoms with Gasteiger partial charge in [0.1, 0.15) is 0 Å². The minimum atomic E-state index is 0.288. The van der Waals surface area contributed by atoms with E-state index in [4.69, 9.17) is 0 Å². The summed E-state index contributed by atoms with van der Waals surface area (Å²) in [7, 11) is 0. The number of hydrogen-bond acceptors (Lipinski definition) is 5. The van der Waals surface area contributed by atoms with Gasteiger partial charge in [0.25, 0.3) is 0 Å². The van der Waals surface area contributed by atoms with Crippen molar-refractivity contribution in [1.82, 2.24) is 19.9 Å². The van der Waals surface area contributed by atoms with E-state index in [9.17, 15) is 4.79 Å². The van der Waals surface area contributed by atoms with Crippen LogP contribution in [-0.2, 0) is 11.2 Å². The van der Waals surface area contributed by atoms with E-state index in [1.54, 1.807) is 18.6 Å². The molecule has 0 radical (unpaired) electrons. The zero-order valence-electron chi connectivity index (χ0n) is 15.7. The van der Waals surface area contributed by atoms with Crippen LogP contribution in [0.1, 0.15) is 31.2 Å². The molecule has 142 valence electrons. The summed E-state index contributed by atoms with van der Waals surface area (Å²) in [5, 5.41) is 0. The van der Waals surface area contributed by atoms with E-state index < -0.39 is 0 Å². The summed E-state index contributed by atoms with van der Waals surface area (Å²) in [6, 6.07) is 5.82. The Labute approximate surface area is 160 Å². The van der Waals surface area contributed by atoms with Crippen LogP contribution in [0.5, 0.6) is 0 Å². The van der Waals surface area contributed by atoms with Gasteiger partial charge in [-0.3, -0.25) is 9.78 Å². The molecule has 1 unspecified atom stereocenters. The molecule has 0 aliphatic carbocycles. The van der Waals surface area contributed by atoms with Crippen LogP contribution < -0.4 is 4.90 Å². The fourth-order valence-corrected chi connectivity index (χ4v) is 4.38. The number of aryl methyl sites for hydroxylation is 1. The zero-order chi connectivity index (χ0) is 18.5. The van der Waals surface area contributed by atoms with Gasteiger partial charge in [-0.1, -0.05) is 6.07 Å². The monoisotopic (exact) mass is 365 g/mol. The SMILES string of the molecule is O=C(CCc1cccnc1)N1CCC(C2CCN(c3ncccn3)CC2)C1. The lowest BCUT2D eigenvalue weighted by molar-refractivity contribution is -0.130. The maximum absolute atomic E-state index is 12.6. The van der Waals surface area contributed by atoms with Crippen molar-refractivity contribution >= 4 is 11.9 Å². The van der Waals surface area contributed by atoms with E-state index in [1.165, 1.54) is 12.8 Å². The first kappa shape index (κ1) is 17.9. The van der Waals surface area contributed by atoms with Crippen molar-refractivity contribution in [3.8, 4) is 0 Å². The van der Waals surface area contributed by atoms with Gasteiger partial charge in [0.05, 0.1) is 0 Å². The summed E-state index contributed by atoms with van der Waals surface area (Å²) in [5.74, 6) is 2.48. The molecule has 1 amide bonds. The Kier molecular flexibility index (Phi) is 5.61. The summed E-state index contributed by atoms with van der Waals surface area (Å²) in [6.45, 7) is 3.87. The van der Waals surface area contributed by atoms with E-state index in [0.29, 0.717) is 18.3 Å². The molecule has 2 aromatic heterocycles. The highest BCUT2D eigenvalue weighted by Crippen LogP contribution is 2.32. The highest BCUT2D eigenvalue weighted by molar-refractivity contribution is 5.76. The molecule has 2 saturated heterocycles. The number of carbonyl (C=O) groups is 1. The predicted molar refractivity (Wildman–Crippen MR) is 104 cm³/mol. The quantitative estimate of drug-likeness (QED) is 0.815. The number of rotatable bonds is 5. The first-order valence-electron chi connectivity index (χ1n) is 9.98. The summed E-state index contributed by atoms with van der Waals surface area (Å²) in [4.78, 5) is 29.8. The van der Waals surface area contributed by atoms with Crippen LogP contribution in [0, 0.1) is 11.8 Å². The largest absolute Gasteiger partial charge is 0.342 e. The average Bonchev–Trinajstić information content (AvgIpc) is 3.24. The molecule has 27 heavy (non-hydrogen) atoms. The average molecular weight is 365 g/mol. The van der Waals surface area contributed by atoms with Gasteiger partial charge in [0, 0.05) is 57.4 Å². The zero-order valence-corrected chi connectivity index (χ0v) is 15.7. The van der Waals surface area contributed by atoms with Gasteiger partial charge in [-0.2, -0.15) is 0 Å². The third-order valence-electron chi connectivity index (χ3n) is 5.97. The fraction of sp³-hybridized carbons (Fsp3) is 0.524. The van der Waals surface area contributed by atoms with Crippen molar-refractivity contribution in [2.75, 3.05) is 31.1 Å². The lowest BCUT2D eigenvalue weighted by atomic mass is 9.84. The minimum absolute atomic E-state index is 0.288. The molecule has 0 spiro atoms. The van der Waals surface area contributed by atoms with Gasteiger partial charge >= 0.3 is 0 Å². The van der Waals surface area contributed by atoms with Crippen LogP contribution in [0.25, 0.3) is 0 Å². The second-order valence-corrected chi connectivity index (χ2v) is 7.62. The van der Waals surface area contributed by atoms with E-state index in [2.05, 4.69) is 24.8 Å².